The van der Waals surface area contributed by atoms with Crippen molar-refractivity contribution in [2.24, 2.45) is 5.92 Å². The predicted octanol–water partition coefficient (Wildman–Crippen LogP) is 1.66. The van der Waals surface area contributed by atoms with E-state index in [4.69, 9.17) is 0 Å². The van der Waals surface area contributed by atoms with Crippen LogP contribution in [0.5, 0.6) is 5.75 Å². The molecule has 0 fully saturated rings. The Morgan fingerprint density at radius 1 is 1.43 bits per heavy atom. The van der Waals surface area contributed by atoms with E-state index in [1.807, 2.05) is 19.9 Å². The van der Waals surface area contributed by atoms with Crippen LogP contribution in [-0.2, 0) is 11.3 Å². The summed E-state index contributed by atoms with van der Waals surface area (Å²) in [7, 11) is 0. The molecule has 0 radical (unpaired) electrons. The highest BCUT2D eigenvalue weighted by molar-refractivity contribution is 5.77. The van der Waals surface area contributed by atoms with Gasteiger partial charge in [0.2, 0.25) is 5.91 Å². The van der Waals surface area contributed by atoms with Gasteiger partial charge in [-0.25, -0.2) is 0 Å². The smallest absolute Gasteiger partial charge is 0.222 e. The molecule has 0 bridgehead atoms. The second kappa shape index (κ2) is 4.65. The summed E-state index contributed by atoms with van der Waals surface area (Å²) in [5.41, 5.74) is 0.738. The summed E-state index contributed by atoms with van der Waals surface area (Å²) < 4.78 is 0. The summed E-state index contributed by atoms with van der Waals surface area (Å²) in [6.45, 7) is 4.05. The van der Waals surface area contributed by atoms with Crippen molar-refractivity contribution in [1.82, 2.24) is 5.32 Å². The summed E-state index contributed by atoms with van der Waals surface area (Å²) in [6.07, 6.45) is 0. The number of carbonyl (C=O) groups excluding carboxylic acids is 1. The molecule has 2 N–H and O–H groups in total. The van der Waals surface area contributed by atoms with Crippen molar-refractivity contribution in [3.8, 4) is 5.75 Å². The number of para-hydroxylation sites is 1. The molecule has 14 heavy (non-hydrogen) atoms. The van der Waals surface area contributed by atoms with Crippen molar-refractivity contribution in [2.45, 2.75) is 20.4 Å². The first-order chi connectivity index (χ1) is 6.61. The lowest BCUT2D eigenvalue weighted by atomic mass is 10.1. The third-order valence-electron chi connectivity index (χ3n) is 1.97. The Balaban J connectivity index is 2.54. The lowest BCUT2D eigenvalue weighted by molar-refractivity contribution is -0.124. The highest BCUT2D eigenvalue weighted by atomic mass is 16.3. The van der Waals surface area contributed by atoms with Gasteiger partial charge >= 0.3 is 0 Å². The molecule has 1 aromatic carbocycles. The van der Waals surface area contributed by atoms with Gasteiger partial charge in [-0.3, -0.25) is 4.79 Å². The lowest BCUT2D eigenvalue weighted by Gasteiger charge is -2.08. The van der Waals surface area contributed by atoms with E-state index in [-0.39, 0.29) is 17.6 Å². The Kier molecular flexibility index (Phi) is 3.51. The van der Waals surface area contributed by atoms with Crippen molar-refractivity contribution in [1.29, 1.82) is 0 Å². The van der Waals surface area contributed by atoms with Crippen molar-refractivity contribution < 1.29 is 9.90 Å². The molecule has 3 nitrogen and oxygen atoms in total. The molecule has 0 spiro atoms. The van der Waals surface area contributed by atoms with Crippen LogP contribution in [0.4, 0.5) is 0 Å². The molecule has 0 aliphatic rings. The molecule has 0 saturated heterocycles. The molecule has 0 atom stereocenters. The van der Waals surface area contributed by atoms with Crippen LogP contribution in [0.1, 0.15) is 19.4 Å². The Bertz CT molecular complexity index is 321. The van der Waals surface area contributed by atoms with Crippen molar-refractivity contribution in [3.63, 3.8) is 0 Å². The van der Waals surface area contributed by atoms with Gasteiger partial charge in [-0.05, 0) is 6.07 Å². The number of hydrogen-bond donors (Lipinski definition) is 2. The number of nitrogens with one attached hydrogen (secondary N) is 1. The molecule has 0 heterocycles. The van der Waals surface area contributed by atoms with Gasteiger partial charge in [0.25, 0.3) is 0 Å². The standard InChI is InChI=1S/C11H15NO2/c1-8(2)11(14)12-7-9-5-3-4-6-10(9)13/h3-6,8,13H,7H2,1-2H3,(H,12,14). The average Bonchev–Trinajstić information content (AvgIpc) is 2.16. The quantitative estimate of drug-likeness (QED) is 0.767. The van der Waals surface area contributed by atoms with Gasteiger partial charge in [-0.1, -0.05) is 32.0 Å². The fourth-order valence-electron chi connectivity index (χ4n) is 1.05. The van der Waals surface area contributed by atoms with Crippen LogP contribution in [0.15, 0.2) is 24.3 Å². The highest BCUT2D eigenvalue weighted by Crippen LogP contribution is 2.14. The van der Waals surface area contributed by atoms with Gasteiger partial charge in [0.15, 0.2) is 0 Å². The molecular weight excluding hydrogens is 178 g/mol. The Morgan fingerprint density at radius 3 is 2.64 bits per heavy atom. The molecule has 0 aromatic heterocycles. The maximum Gasteiger partial charge on any atom is 0.222 e. The number of phenolic OH excluding ortho intramolecular Hbond substituents is 1. The van der Waals surface area contributed by atoms with E-state index in [2.05, 4.69) is 5.32 Å². The number of benzene rings is 1. The average molecular weight is 193 g/mol. The fourth-order valence-corrected chi connectivity index (χ4v) is 1.05. The van der Waals surface area contributed by atoms with E-state index >= 15 is 0 Å². The zero-order valence-electron chi connectivity index (χ0n) is 8.45. The van der Waals surface area contributed by atoms with E-state index in [1.54, 1.807) is 18.2 Å². The van der Waals surface area contributed by atoms with Crippen molar-refractivity contribution in [3.05, 3.63) is 29.8 Å². The minimum atomic E-state index is -0.0270. The molecule has 1 aromatic rings. The predicted molar refractivity (Wildman–Crippen MR) is 54.8 cm³/mol. The van der Waals surface area contributed by atoms with E-state index in [9.17, 15) is 9.90 Å². The van der Waals surface area contributed by atoms with Gasteiger partial charge < -0.3 is 10.4 Å². The first-order valence-corrected chi connectivity index (χ1v) is 4.66. The molecule has 76 valence electrons. The number of hydrogen-bond acceptors (Lipinski definition) is 2. The first kappa shape index (κ1) is 10.6. The second-order valence-electron chi connectivity index (χ2n) is 3.50. The van der Waals surface area contributed by atoms with Crippen LogP contribution in [0.2, 0.25) is 0 Å². The van der Waals surface area contributed by atoms with Crippen molar-refractivity contribution in [2.75, 3.05) is 0 Å². The number of phenols is 1. The number of aromatic hydroxyl groups is 1. The van der Waals surface area contributed by atoms with Gasteiger partial charge in [0.1, 0.15) is 5.75 Å². The number of rotatable bonds is 3. The van der Waals surface area contributed by atoms with E-state index in [0.29, 0.717) is 6.54 Å². The minimum Gasteiger partial charge on any atom is -0.508 e. The summed E-state index contributed by atoms with van der Waals surface area (Å²) in [5, 5.41) is 12.2. The van der Waals surface area contributed by atoms with Crippen LogP contribution < -0.4 is 5.32 Å². The van der Waals surface area contributed by atoms with Crippen LogP contribution in [0.25, 0.3) is 0 Å². The third kappa shape index (κ3) is 2.76. The Hall–Kier alpha value is -1.51. The van der Waals surface area contributed by atoms with Crippen LogP contribution in [0.3, 0.4) is 0 Å². The number of carbonyl (C=O) groups is 1. The summed E-state index contributed by atoms with van der Waals surface area (Å²) >= 11 is 0. The first-order valence-electron chi connectivity index (χ1n) is 4.66. The fraction of sp³-hybridized carbons (Fsp3) is 0.364. The Morgan fingerprint density at radius 2 is 2.07 bits per heavy atom. The van der Waals surface area contributed by atoms with Crippen LogP contribution >= 0.6 is 0 Å². The van der Waals surface area contributed by atoms with E-state index in [0.717, 1.165) is 5.56 Å². The summed E-state index contributed by atoms with van der Waals surface area (Å²) in [6, 6.07) is 6.98. The molecule has 0 aliphatic heterocycles. The Labute approximate surface area is 83.8 Å². The monoisotopic (exact) mass is 193 g/mol. The van der Waals surface area contributed by atoms with Crippen molar-refractivity contribution >= 4 is 5.91 Å². The molecule has 3 heteroatoms. The molecule has 0 saturated carbocycles. The zero-order valence-corrected chi connectivity index (χ0v) is 8.45. The zero-order chi connectivity index (χ0) is 10.6. The van der Waals surface area contributed by atoms with Gasteiger partial charge in [0, 0.05) is 18.0 Å². The third-order valence-corrected chi connectivity index (χ3v) is 1.97. The number of amides is 1. The van der Waals surface area contributed by atoms with E-state index < -0.39 is 0 Å². The maximum atomic E-state index is 11.2. The van der Waals surface area contributed by atoms with E-state index in [1.165, 1.54) is 0 Å². The van der Waals surface area contributed by atoms with Crippen LogP contribution in [-0.4, -0.2) is 11.0 Å². The maximum absolute atomic E-state index is 11.2. The minimum absolute atomic E-state index is 0.00625. The topological polar surface area (TPSA) is 49.3 Å². The van der Waals surface area contributed by atoms with Crippen LogP contribution in [0, 0.1) is 5.92 Å². The highest BCUT2D eigenvalue weighted by Gasteiger charge is 2.06. The lowest BCUT2D eigenvalue weighted by Crippen LogP contribution is -2.27. The largest absolute Gasteiger partial charge is 0.508 e. The molecular formula is C11H15NO2. The molecule has 1 amide bonds. The second-order valence-corrected chi connectivity index (χ2v) is 3.50. The molecule has 0 unspecified atom stereocenters. The van der Waals surface area contributed by atoms with Gasteiger partial charge in [0.05, 0.1) is 0 Å². The normalized spacial score (nSPS) is 10.2. The molecule has 0 aliphatic carbocycles. The molecule has 1 rings (SSSR count). The SMILES string of the molecule is CC(C)C(=O)NCc1ccccc1O. The van der Waals surface area contributed by atoms with Gasteiger partial charge in [-0.2, -0.15) is 0 Å². The summed E-state index contributed by atoms with van der Waals surface area (Å²) in [4.78, 5) is 11.2. The summed E-state index contributed by atoms with van der Waals surface area (Å²) in [5.74, 6) is 0.186. The van der Waals surface area contributed by atoms with Gasteiger partial charge in [-0.15, -0.1) is 0 Å².